The molecule has 120 valence electrons. The summed E-state index contributed by atoms with van der Waals surface area (Å²) >= 11 is 0. The monoisotopic (exact) mass is 297 g/mol. The van der Waals surface area contributed by atoms with Crippen LogP contribution in [0.3, 0.4) is 0 Å². The highest BCUT2D eigenvalue weighted by Gasteiger charge is 2.40. The molecule has 0 radical (unpaired) electrons. The summed E-state index contributed by atoms with van der Waals surface area (Å²) in [6.45, 7) is 3.73. The summed E-state index contributed by atoms with van der Waals surface area (Å²) in [5, 5.41) is 7.59. The molecule has 1 fully saturated rings. The number of ether oxygens (including phenoxy) is 2. The van der Waals surface area contributed by atoms with Crippen LogP contribution in [0, 0.1) is 0 Å². The van der Waals surface area contributed by atoms with Crippen LogP contribution in [0.2, 0.25) is 0 Å². The van der Waals surface area contributed by atoms with Gasteiger partial charge in [0.2, 0.25) is 11.7 Å². The van der Waals surface area contributed by atoms with Crippen molar-refractivity contribution in [3.63, 3.8) is 0 Å². The predicted octanol–water partition coefficient (Wildman–Crippen LogP) is 2.04. The van der Waals surface area contributed by atoms with Gasteiger partial charge in [-0.1, -0.05) is 12.1 Å². The molecule has 1 aromatic heterocycles. The van der Waals surface area contributed by atoms with Crippen LogP contribution in [-0.4, -0.2) is 43.6 Å². The molecule has 6 nitrogen and oxygen atoms in total. The van der Waals surface area contributed by atoms with Crippen LogP contribution < -0.4 is 5.32 Å². The van der Waals surface area contributed by atoms with Gasteiger partial charge in [0, 0.05) is 26.7 Å². The average Bonchev–Trinajstić information content (AvgIpc) is 3.14. The second kappa shape index (κ2) is 7.87. The number of rotatable bonds is 9. The van der Waals surface area contributed by atoms with Gasteiger partial charge in [0.15, 0.2) is 0 Å². The Balaban J connectivity index is 2.01. The third-order valence-corrected chi connectivity index (χ3v) is 4.15. The van der Waals surface area contributed by atoms with Crippen LogP contribution in [-0.2, 0) is 21.5 Å². The fraction of sp³-hybridized carbons (Fsp3) is 0.867. The fourth-order valence-electron chi connectivity index (χ4n) is 2.94. The van der Waals surface area contributed by atoms with Gasteiger partial charge in [-0.2, -0.15) is 4.98 Å². The Labute approximate surface area is 126 Å². The molecule has 1 atom stereocenters. The van der Waals surface area contributed by atoms with Crippen molar-refractivity contribution in [1.82, 2.24) is 15.5 Å². The molecule has 21 heavy (non-hydrogen) atoms. The Morgan fingerprint density at radius 2 is 2.10 bits per heavy atom. The highest BCUT2D eigenvalue weighted by atomic mass is 16.5. The lowest BCUT2D eigenvalue weighted by molar-refractivity contribution is -0.0178. The third-order valence-electron chi connectivity index (χ3n) is 4.15. The highest BCUT2D eigenvalue weighted by molar-refractivity contribution is 5.05. The lowest BCUT2D eigenvalue weighted by atomic mass is 10.0. The van der Waals surface area contributed by atoms with E-state index in [0.717, 1.165) is 38.6 Å². The Kier molecular flexibility index (Phi) is 6.14. The van der Waals surface area contributed by atoms with Gasteiger partial charge in [0.25, 0.3) is 0 Å². The van der Waals surface area contributed by atoms with Crippen molar-refractivity contribution < 1.29 is 14.0 Å². The summed E-state index contributed by atoms with van der Waals surface area (Å²) in [6, 6.07) is 0.199. The molecule has 0 saturated heterocycles. The van der Waals surface area contributed by atoms with Crippen molar-refractivity contribution in [2.75, 3.05) is 27.4 Å². The molecule has 1 aliphatic carbocycles. The van der Waals surface area contributed by atoms with Gasteiger partial charge < -0.3 is 19.3 Å². The molecule has 6 heteroatoms. The minimum atomic E-state index is -0.338. The summed E-state index contributed by atoms with van der Waals surface area (Å²) in [5.74, 6) is 1.35. The molecule has 0 bridgehead atoms. The topological polar surface area (TPSA) is 69.4 Å². The lowest BCUT2D eigenvalue weighted by Gasteiger charge is -2.22. The number of methoxy groups -OCH3 is 2. The molecule has 1 aromatic rings. The maximum absolute atomic E-state index is 5.69. The molecule has 0 aromatic carbocycles. The van der Waals surface area contributed by atoms with E-state index in [1.807, 2.05) is 0 Å². The molecular formula is C15H27N3O3. The van der Waals surface area contributed by atoms with E-state index in [1.54, 1.807) is 14.2 Å². The van der Waals surface area contributed by atoms with Gasteiger partial charge in [-0.15, -0.1) is 0 Å². The maximum atomic E-state index is 5.69. The third kappa shape index (κ3) is 4.02. The fourth-order valence-corrected chi connectivity index (χ4v) is 2.94. The summed E-state index contributed by atoms with van der Waals surface area (Å²) < 4.78 is 16.4. The number of nitrogens with zero attached hydrogens (tertiary/aromatic N) is 2. The Morgan fingerprint density at radius 1 is 1.33 bits per heavy atom. The van der Waals surface area contributed by atoms with Crippen LogP contribution in [0.15, 0.2) is 4.52 Å². The average molecular weight is 297 g/mol. The van der Waals surface area contributed by atoms with Crippen LogP contribution in [0.5, 0.6) is 0 Å². The predicted molar refractivity (Wildman–Crippen MR) is 79.1 cm³/mol. The van der Waals surface area contributed by atoms with Gasteiger partial charge in [0.05, 0.1) is 6.61 Å². The zero-order valence-corrected chi connectivity index (χ0v) is 13.4. The van der Waals surface area contributed by atoms with E-state index in [9.17, 15) is 0 Å². The van der Waals surface area contributed by atoms with E-state index < -0.39 is 0 Å². The van der Waals surface area contributed by atoms with Crippen molar-refractivity contribution in [3.05, 3.63) is 11.7 Å². The molecule has 0 aliphatic heterocycles. The Morgan fingerprint density at radius 3 is 2.71 bits per heavy atom. The van der Waals surface area contributed by atoms with Crippen molar-refractivity contribution >= 4 is 0 Å². The van der Waals surface area contributed by atoms with Crippen molar-refractivity contribution in [1.29, 1.82) is 0 Å². The lowest BCUT2D eigenvalue weighted by Crippen LogP contribution is -2.35. The van der Waals surface area contributed by atoms with E-state index in [0.29, 0.717) is 24.7 Å². The molecule has 0 amide bonds. The molecule has 1 saturated carbocycles. The minimum absolute atomic E-state index is 0.199. The zero-order chi connectivity index (χ0) is 15.1. The van der Waals surface area contributed by atoms with Crippen LogP contribution >= 0.6 is 0 Å². The van der Waals surface area contributed by atoms with Gasteiger partial charge in [-0.05, 0) is 38.6 Å². The first-order valence-corrected chi connectivity index (χ1v) is 7.84. The molecule has 0 spiro atoms. The quantitative estimate of drug-likeness (QED) is 0.752. The van der Waals surface area contributed by atoms with Crippen molar-refractivity contribution in [2.45, 2.75) is 57.1 Å². The number of hydrogen-bond acceptors (Lipinski definition) is 6. The Hall–Kier alpha value is -0.980. The second-order valence-corrected chi connectivity index (χ2v) is 5.73. The number of nitrogens with one attached hydrogen (secondary N) is 1. The molecule has 2 rings (SSSR count). The molecular weight excluding hydrogens is 270 g/mol. The number of hydrogen-bond donors (Lipinski definition) is 1. The minimum Gasteiger partial charge on any atom is -0.383 e. The maximum Gasteiger partial charge on any atom is 0.228 e. The first-order valence-electron chi connectivity index (χ1n) is 7.84. The van der Waals surface area contributed by atoms with Crippen LogP contribution in [0.1, 0.15) is 50.7 Å². The van der Waals surface area contributed by atoms with Gasteiger partial charge in [-0.3, -0.25) is 0 Å². The molecule has 1 heterocycles. The van der Waals surface area contributed by atoms with E-state index >= 15 is 0 Å². The molecule has 1 aliphatic rings. The largest absolute Gasteiger partial charge is 0.383 e. The normalized spacial score (nSPS) is 19.0. The summed E-state index contributed by atoms with van der Waals surface area (Å²) in [6.07, 6.45) is 6.02. The van der Waals surface area contributed by atoms with Gasteiger partial charge in [-0.25, -0.2) is 0 Å². The number of aromatic nitrogens is 2. The van der Waals surface area contributed by atoms with Gasteiger partial charge >= 0.3 is 0 Å². The summed E-state index contributed by atoms with van der Waals surface area (Å²) in [7, 11) is 3.44. The SMILES string of the molecule is CCCNC(COC)Cc1nc(C2(OC)CCCC2)no1. The van der Waals surface area contributed by atoms with E-state index in [4.69, 9.17) is 14.0 Å². The first-order chi connectivity index (χ1) is 10.2. The van der Waals surface area contributed by atoms with E-state index in [1.165, 1.54) is 0 Å². The Bertz CT molecular complexity index is 416. The van der Waals surface area contributed by atoms with E-state index in [2.05, 4.69) is 22.4 Å². The van der Waals surface area contributed by atoms with Crippen LogP contribution in [0.25, 0.3) is 0 Å². The summed E-state index contributed by atoms with van der Waals surface area (Å²) in [5.41, 5.74) is -0.338. The van der Waals surface area contributed by atoms with Crippen molar-refractivity contribution in [3.8, 4) is 0 Å². The first kappa shape index (κ1) is 16.4. The van der Waals surface area contributed by atoms with Gasteiger partial charge in [0.1, 0.15) is 5.60 Å². The van der Waals surface area contributed by atoms with Crippen molar-refractivity contribution in [2.24, 2.45) is 0 Å². The van der Waals surface area contributed by atoms with Crippen LogP contribution in [0.4, 0.5) is 0 Å². The molecule has 1 N–H and O–H groups in total. The smallest absolute Gasteiger partial charge is 0.228 e. The standard InChI is InChI=1S/C15H27N3O3/c1-4-9-16-12(11-19-2)10-13-17-14(18-21-13)15(20-3)7-5-6-8-15/h12,16H,4-11H2,1-3H3. The summed E-state index contributed by atoms with van der Waals surface area (Å²) in [4.78, 5) is 4.57. The van der Waals surface area contributed by atoms with E-state index in [-0.39, 0.29) is 11.6 Å². The highest BCUT2D eigenvalue weighted by Crippen LogP contribution is 2.40. The second-order valence-electron chi connectivity index (χ2n) is 5.73. The molecule has 1 unspecified atom stereocenters. The zero-order valence-electron chi connectivity index (χ0n) is 13.4.